The molecule has 112 valence electrons. The Morgan fingerprint density at radius 1 is 1.10 bits per heavy atom. The van der Waals surface area contributed by atoms with Crippen LogP contribution in [-0.2, 0) is 11.2 Å². The Morgan fingerprint density at radius 3 is 2.40 bits per heavy atom. The third-order valence-electron chi connectivity index (χ3n) is 3.39. The van der Waals surface area contributed by atoms with E-state index in [2.05, 4.69) is 6.92 Å². The summed E-state index contributed by atoms with van der Waals surface area (Å²) in [7, 11) is 0. The van der Waals surface area contributed by atoms with Gasteiger partial charge in [-0.1, -0.05) is 51.5 Å². The maximum absolute atomic E-state index is 11.0. The second-order valence-corrected chi connectivity index (χ2v) is 5.22. The minimum Gasteiger partial charge on any atom is -0.508 e. The average molecular weight is 278 g/mol. The van der Waals surface area contributed by atoms with E-state index >= 15 is 0 Å². The number of hydrogen-bond donors (Lipinski definition) is 1. The van der Waals surface area contributed by atoms with Crippen LogP contribution < -0.4 is 4.74 Å². The van der Waals surface area contributed by atoms with Crippen molar-refractivity contribution in [3.8, 4) is 11.5 Å². The van der Waals surface area contributed by atoms with Crippen LogP contribution in [0.25, 0.3) is 0 Å². The molecule has 3 nitrogen and oxygen atoms in total. The summed E-state index contributed by atoms with van der Waals surface area (Å²) in [5.41, 5.74) is 0.747. The molecule has 0 aliphatic heterocycles. The fourth-order valence-electron chi connectivity index (χ4n) is 2.31. The number of phenols is 1. The van der Waals surface area contributed by atoms with Crippen LogP contribution in [0.15, 0.2) is 18.2 Å². The maximum atomic E-state index is 11.0. The molecule has 1 rings (SSSR count). The van der Waals surface area contributed by atoms with Gasteiger partial charge >= 0.3 is 5.97 Å². The standard InChI is InChI=1S/C17H26O3/c1-3-4-5-6-7-8-9-11-15-16(19)12-10-13-17(15)20-14(2)18/h10,12-13,19H,3-9,11H2,1-2H3. The first-order valence-electron chi connectivity index (χ1n) is 7.64. The molecule has 0 unspecified atom stereocenters. The summed E-state index contributed by atoms with van der Waals surface area (Å²) >= 11 is 0. The normalized spacial score (nSPS) is 10.5. The molecule has 1 aromatic carbocycles. The second kappa shape index (κ2) is 9.40. The van der Waals surface area contributed by atoms with Gasteiger partial charge in [0, 0.05) is 12.5 Å². The van der Waals surface area contributed by atoms with Crippen molar-refractivity contribution in [3.63, 3.8) is 0 Å². The quantitative estimate of drug-likeness (QED) is 0.407. The van der Waals surface area contributed by atoms with E-state index in [1.807, 2.05) is 0 Å². The molecule has 0 saturated carbocycles. The summed E-state index contributed by atoms with van der Waals surface area (Å²) in [5.74, 6) is 0.356. The first-order valence-corrected chi connectivity index (χ1v) is 7.64. The fourth-order valence-corrected chi connectivity index (χ4v) is 2.31. The molecule has 1 aromatic rings. The van der Waals surface area contributed by atoms with Gasteiger partial charge in [-0.15, -0.1) is 0 Å². The van der Waals surface area contributed by atoms with Crippen molar-refractivity contribution < 1.29 is 14.6 Å². The van der Waals surface area contributed by atoms with Crippen molar-refractivity contribution in [2.75, 3.05) is 0 Å². The Kier molecular flexibility index (Phi) is 7.78. The number of hydrogen-bond acceptors (Lipinski definition) is 3. The van der Waals surface area contributed by atoms with Crippen molar-refractivity contribution >= 4 is 5.97 Å². The predicted octanol–water partition coefficient (Wildman–Crippen LogP) is 4.61. The van der Waals surface area contributed by atoms with Crippen molar-refractivity contribution in [2.45, 2.75) is 65.2 Å². The highest BCUT2D eigenvalue weighted by atomic mass is 16.5. The van der Waals surface area contributed by atoms with Gasteiger partial charge in [0.25, 0.3) is 0 Å². The summed E-state index contributed by atoms with van der Waals surface area (Å²) in [4.78, 5) is 11.0. The van der Waals surface area contributed by atoms with E-state index in [9.17, 15) is 9.90 Å². The summed E-state index contributed by atoms with van der Waals surface area (Å²) in [6.07, 6.45) is 9.33. The SMILES string of the molecule is CCCCCCCCCc1c(O)cccc1OC(C)=O. The monoisotopic (exact) mass is 278 g/mol. The van der Waals surface area contributed by atoms with Crippen molar-refractivity contribution in [1.82, 2.24) is 0 Å². The lowest BCUT2D eigenvalue weighted by Crippen LogP contribution is -2.04. The number of carbonyl (C=O) groups is 1. The van der Waals surface area contributed by atoms with E-state index in [1.54, 1.807) is 18.2 Å². The lowest BCUT2D eigenvalue weighted by Gasteiger charge is -2.10. The molecule has 0 aliphatic carbocycles. The first kappa shape index (κ1) is 16.5. The van der Waals surface area contributed by atoms with Crippen LogP contribution in [0.2, 0.25) is 0 Å². The molecule has 0 saturated heterocycles. The number of ether oxygens (including phenoxy) is 1. The van der Waals surface area contributed by atoms with Gasteiger partial charge in [0.05, 0.1) is 0 Å². The highest BCUT2D eigenvalue weighted by Gasteiger charge is 2.10. The first-order chi connectivity index (χ1) is 9.65. The topological polar surface area (TPSA) is 46.5 Å². The number of rotatable bonds is 9. The summed E-state index contributed by atoms with van der Waals surface area (Å²) in [5, 5.41) is 9.89. The molecule has 0 aliphatic rings. The molecular weight excluding hydrogens is 252 g/mol. The zero-order chi connectivity index (χ0) is 14.8. The molecule has 3 heteroatoms. The Labute approximate surface area is 122 Å². The molecule has 0 atom stereocenters. The van der Waals surface area contributed by atoms with E-state index in [1.165, 1.54) is 39.0 Å². The molecule has 1 N–H and O–H groups in total. The van der Waals surface area contributed by atoms with Crippen molar-refractivity contribution in [2.24, 2.45) is 0 Å². The third-order valence-corrected chi connectivity index (χ3v) is 3.39. The van der Waals surface area contributed by atoms with Crippen LogP contribution in [0.3, 0.4) is 0 Å². The lowest BCUT2D eigenvalue weighted by molar-refractivity contribution is -0.131. The highest BCUT2D eigenvalue weighted by Crippen LogP contribution is 2.29. The van der Waals surface area contributed by atoms with Gasteiger partial charge in [-0.25, -0.2) is 0 Å². The molecule has 0 heterocycles. The van der Waals surface area contributed by atoms with Crippen LogP contribution in [0.1, 0.15) is 64.4 Å². The third kappa shape index (κ3) is 6.09. The molecule has 20 heavy (non-hydrogen) atoms. The minimum absolute atomic E-state index is 0.217. The highest BCUT2D eigenvalue weighted by molar-refractivity contribution is 5.70. The number of aromatic hydroxyl groups is 1. The second-order valence-electron chi connectivity index (χ2n) is 5.22. The Bertz CT molecular complexity index is 413. The van der Waals surface area contributed by atoms with Gasteiger partial charge in [-0.3, -0.25) is 4.79 Å². The van der Waals surface area contributed by atoms with E-state index in [-0.39, 0.29) is 11.7 Å². The number of carbonyl (C=O) groups excluding carboxylic acids is 1. The smallest absolute Gasteiger partial charge is 0.308 e. The summed E-state index contributed by atoms with van der Waals surface area (Å²) in [6, 6.07) is 5.07. The Morgan fingerprint density at radius 2 is 1.75 bits per heavy atom. The van der Waals surface area contributed by atoms with Crippen LogP contribution in [0, 0.1) is 0 Å². The number of phenolic OH excluding ortho intramolecular Hbond substituents is 1. The van der Waals surface area contributed by atoms with E-state index in [4.69, 9.17) is 4.74 Å². The average Bonchev–Trinajstić information content (AvgIpc) is 2.40. The van der Waals surface area contributed by atoms with Crippen molar-refractivity contribution in [3.05, 3.63) is 23.8 Å². The molecule has 0 amide bonds. The van der Waals surface area contributed by atoms with Crippen LogP contribution in [0.4, 0.5) is 0 Å². The zero-order valence-corrected chi connectivity index (χ0v) is 12.7. The van der Waals surface area contributed by atoms with Gasteiger partial charge in [0.15, 0.2) is 0 Å². The molecule has 0 fully saturated rings. The van der Waals surface area contributed by atoms with Crippen LogP contribution >= 0.6 is 0 Å². The predicted molar refractivity (Wildman–Crippen MR) is 81.1 cm³/mol. The molecule has 0 radical (unpaired) electrons. The Hall–Kier alpha value is -1.51. The van der Waals surface area contributed by atoms with E-state index in [0.717, 1.165) is 24.8 Å². The number of unbranched alkanes of at least 4 members (excludes halogenated alkanes) is 6. The maximum Gasteiger partial charge on any atom is 0.308 e. The number of benzene rings is 1. The van der Waals surface area contributed by atoms with E-state index in [0.29, 0.717) is 5.75 Å². The lowest BCUT2D eigenvalue weighted by atomic mass is 10.0. The van der Waals surface area contributed by atoms with Gasteiger partial charge in [-0.2, -0.15) is 0 Å². The fraction of sp³-hybridized carbons (Fsp3) is 0.588. The summed E-state index contributed by atoms with van der Waals surface area (Å²) < 4.78 is 5.14. The zero-order valence-electron chi connectivity index (χ0n) is 12.7. The molecule has 0 bridgehead atoms. The van der Waals surface area contributed by atoms with Gasteiger partial charge in [-0.05, 0) is 25.0 Å². The Balaban J connectivity index is 2.40. The van der Waals surface area contributed by atoms with Gasteiger partial charge in [0.1, 0.15) is 11.5 Å². The molecular formula is C17H26O3. The van der Waals surface area contributed by atoms with Gasteiger partial charge < -0.3 is 9.84 Å². The molecule has 0 aromatic heterocycles. The van der Waals surface area contributed by atoms with E-state index < -0.39 is 0 Å². The summed E-state index contributed by atoms with van der Waals surface area (Å²) in [6.45, 7) is 3.59. The van der Waals surface area contributed by atoms with Gasteiger partial charge in [0.2, 0.25) is 0 Å². The van der Waals surface area contributed by atoms with Crippen LogP contribution in [-0.4, -0.2) is 11.1 Å². The number of esters is 1. The minimum atomic E-state index is -0.351. The van der Waals surface area contributed by atoms with Crippen molar-refractivity contribution in [1.29, 1.82) is 0 Å². The van der Waals surface area contributed by atoms with Crippen LogP contribution in [0.5, 0.6) is 11.5 Å². The largest absolute Gasteiger partial charge is 0.508 e. The molecule has 0 spiro atoms.